The van der Waals surface area contributed by atoms with E-state index in [0.717, 1.165) is 72.8 Å². The van der Waals surface area contributed by atoms with Gasteiger partial charge in [0, 0.05) is 134 Å². The molecule has 0 unspecified atom stereocenters. The Labute approximate surface area is 626 Å². The van der Waals surface area contributed by atoms with Gasteiger partial charge in [0.1, 0.15) is 0 Å². The number of nitrogens with zero attached hydrogens (tertiary/aromatic N) is 6. The zero-order chi connectivity index (χ0) is 67.5. The molecule has 0 saturated carbocycles. The average molecular weight is 1960 g/mol. The molecule has 6 aromatic heterocycles. The Morgan fingerprint density at radius 3 is 1.27 bits per heavy atom. The number of hydrogen-bond acceptors (Lipinski definition) is 6. The van der Waals surface area contributed by atoms with Gasteiger partial charge in [-0.25, -0.2) is 0 Å². The Balaban J connectivity index is 0.000000179. The van der Waals surface area contributed by atoms with Gasteiger partial charge in [-0.3, -0.25) is 9.97 Å². The molecule has 6 heterocycles. The van der Waals surface area contributed by atoms with Crippen molar-refractivity contribution in [3.63, 3.8) is 0 Å². The van der Waals surface area contributed by atoms with Crippen LogP contribution in [0.1, 0.15) is 29.1 Å². The van der Waals surface area contributed by atoms with E-state index in [-0.39, 0.29) is 110 Å². The zero-order valence-corrected chi connectivity index (χ0v) is 62.4. The van der Waals surface area contributed by atoms with Gasteiger partial charge in [0.25, 0.3) is 0 Å². The van der Waals surface area contributed by atoms with E-state index in [1.165, 1.54) is 50.1 Å². The predicted octanol–water partition coefficient (Wildman–Crippen LogP) is 21.4. The molecule has 6 nitrogen and oxygen atoms in total. The van der Waals surface area contributed by atoms with E-state index >= 15 is 0 Å². The Bertz CT molecular complexity index is 4900. The van der Waals surface area contributed by atoms with Crippen LogP contribution in [0.3, 0.4) is 0 Å². The van der Waals surface area contributed by atoms with Crippen molar-refractivity contribution < 1.29 is 87.3 Å². The van der Waals surface area contributed by atoms with Gasteiger partial charge in [-0.2, -0.15) is 0 Å². The number of rotatable bonds is 9. The summed E-state index contributed by atoms with van der Waals surface area (Å²) in [5.41, 5.74) is 21.8. The first-order valence-electron chi connectivity index (χ1n) is 32.6. The van der Waals surface area contributed by atoms with E-state index in [0.29, 0.717) is 5.56 Å². The molecule has 0 aliphatic heterocycles. The molecule has 0 bridgehead atoms. The first-order valence-corrected chi connectivity index (χ1v) is 30.1. The van der Waals surface area contributed by atoms with Crippen LogP contribution in [0.15, 0.2) is 328 Å². The number of aryl methyl sites for hydroxylation is 4. The third kappa shape index (κ3) is 20.1. The third-order valence-corrected chi connectivity index (χ3v) is 15.0. The minimum absolute atomic E-state index is 0. The number of pyridine rings is 6. The van der Waals surface area contributed by atoms with Crippen LogP contribution in [-0.4, -0.2) is 29.9 Å². The summed E-state index contributed by atoms with van der Waals surface area (Å²) in [5, 5.41) is 2.12. The molecule has 0 spiro atoms. The fourth-order valence-corrected chi connectivity index (χ4v) is 10.3. The number of hydrogen-bond donors (Lipinski definition) is 0. The van der Waals surface area contributed by atoms with Gasteiger partial charge in [-0.1, -0.05) is 181 Å². The van der Waals surface area contributed by atoms with Crippen LogP contribution in [0.25, 0.3) is 112 Å². The molecule has 0 amide bonds. The van der Waals surface area contributed by atoms with Crippen LogP contribution in [0, 0.1) is 52.0 Å². The van der Waals surface area contributed by atoms with Crippen molar-refractivity contribution in [3.05, 3.63) is 375 Å². The molecule has 0 aliphatic rings. The molecule has 0 atom stereocenters. The average Bonchev–Trinajstić information content (AvgIpc) is 0.767. The SMILES string of the molecule is Cc1cc(-c2[c-]cccc2)ncc1-c1ccccc1.Cc1cc(-c2ccccn2)ncc1-c1ccccc1.Cc1ccccc1-c1ccnc(-c2[c-]cccc2)c1.[2H]c1c([2H])c([2H])c(-c2cnc(-c3[c-]ccc4ccccc34)cc2C)c([2H])c1[2H].[Ir].[Ir].[Ir].[Ir].[c-]1ccccc1-c1ccccn1. The largest absolute Gasteiger partial charge is 0.305 e. The van der Waals surface area contributed by atoms with Crippen molar-refractivity contribution >= 4 is 10.8 Å². The van der Waals surface area contributed by atoms with Crippen LogP contribution < -0.4 is 0 Å². The summed E-state index contributed by atoms with van der Waals surface area (Å²) >= 11 is 0. The van der Waals surface area contributed by atoms with Gasteiger partial charge in [0.15, 0.2) is 0 Å². The Morgan fingerprint density at radius 2 is 0.729 bits per heavy atom. The van der Waals surface area contributed by atoms with Gasteiger partial charge >= 0.3 is 0 Å². The first-order chi connectivity index (χ1) is 47.4. The van der Waals surface area contributed by atoms with E-state index < -0.39 is 6.04 Å². The first kappa shape index (κ1) is 66.7. The smallest absolute Gasteiger partial charge is 0.0889 e. The fraction of sp³-hybridized carbons (Fsp3) is 0.0465. The van der Waals surface area contributed by atoms with Crippen LogP contribution in [0.4, 0.5) is 0 Å². The summed E-state index contributed by atoms with van der Waals surface area (Å²) in [4.78, 5) is 26.6. The normalized spacial score (nSPS) is 10.7. The zero-order valence-electron chi connectivity index (χ0n) is 57.8. The maximum absolute atomic E-state index is 8.19. The van der Waals surface area contributed by atoms with E-state index in [4.69, 9.17) is 6.85 Å². The van der Waals surface area contributed by atoms with Crippen LogP contribution in [0.2, 0.25) is 0 Å². The molecule has 480 valence electrons. The van der Waals surface area contributed by atoms with Crippen LogP contribution >= 0.6 is 0 Å². The maximum Gasteiger partial charge on any atom is 0.0889 e. The summed E-state index contributed by atoms with van der Waals surface area (Å²) in [6.07, 6.45) is 10.9. The minimum Gasteiger partial charge on any atom is -0.305 e. The molecule has 9 aromatic carbocycles. The summed E-state index contributed by atoms with van der Waals surface area (Å²) in [5.74, 6) is 0. The van der Waals surface area contributed by atoms with E-state index in [9.17, 15) is 0 Å². The molecule has 15 rings (SSSR count). The maximum atomic E-state index is 8.19. The second-order valence-electron chi connectivity index (χ2n) is 21.3. The Morgan fingerprint density at radius 1 is 0.281 bits per heavy atom. The number of fused-ring (bicyclic) bond motifs is 1. The summed E-state index contributed by atoms with van der Waals surface area (Å²) in [6, 6.07) is 97.8. The van der Waals surface area contributed by atoms with Gasteiger partial charge < -0.3 is 19.9 Å². The van der Waals surface area contributed by atoms with Crippen molar-refractivity contribution in [2.75, 3.05) is 0 Å². The molecule has 0 N–H and O–H groups in total. The van der Waals surface area contributed by atoms with Crippen molar-refractivity contribution in [1.29, 1.82) is 0 Å². The Kier molecular flexibility index (Phi) is 26.6. The molecule has 10 heteroatoms. The molecule has 96 heavy (non-hydrogen) atoms. The molecule has 15 aromatic rings. The third-order valence-electron chi connectivity index (χ3n) is 15.0. The van der Waals surface area contributed by atoms with Crippen LogP contribution in [0.5, 0.6) is 0 Å². The monoisotopic (exact) mass is 1960 g/mol. The van der Waals surface area contributed by atoms with Crippen molar-refractivity contribution in [3.8, 4) is 101 Å². The van der Waals surface area contributed by atoms with Crippen molar-refractivity contribution in [1.82, 2.24) is 29.9 Å². The standard InChI is InChI=1S/C22H16N.2C18H14N.C17H14N2.C11H8N.4Ir/c1-16-14-22(23-15-21(16)18-8-3-2-4-9-18)20-13-7-11-17-10-5-6-12-19(17)20;1-14-12-18(16-10-6-3-7-11-16)19-13-17(14)15-8-4-2-5-9-15;1-14-7-5-6-10-17(14)16-11-12-19-18(13-16)15-8-3-2-4-9-15;1-13-11-17(16-9-5-6-10-18-16)19-12-15(13)14-7-3-2-4-8-14;1-2-6-10(7-3-1)11-8-4-5-9-12-11;;;;/h2-12,14-15H,1H3;2-10,12-13H,1H3;2-8,10-13H,1H3;2-12H,1H3;1-6,8-9H;;;;/q3*-1;;-1;;;;/i2D,3D,4D,8D,9D;;;;;;;;. The van der Waals surface area contributed by atoms with Gasteiger partial charge in [0.2, 0.25) is 0 Å². The molecular weight excluding hydrogens is 1890 g/mol. The molecular formula is C86H66Ir4N6-4. The van der Waals surface area contributed by atoms with Gasteiger partial charge in [-0.15, -0.1) is 137 Å². The van der Waals surface area contributed by atoms with Crippen LogP contribution in [-0.2, 0) is 80.4 Å². The van der Waals surface area contributed by atoms with Gasteiger partial charge in [-0.05, 0) is 131 Å². The summed E-state index contributed by atoms with van der Waals surface area (Å²) < 4.78 is 39.9. The molecule has 4 radical (unpaired) electrons. The molecule has 0 aliphatic carbocycles. The fourth-order valence-electron chi connectivity index (χ4n) is 10.3. The second-order valence-corrected chi connectivity index (χ2v) is 21.3. The molecule has 0 fully saturated rings. The van der Waals surface area contributed by atoms with E-state index in [1.807, 2.05) is 214 Å². The predicted molar refractivity (Wildman–Crippen MR) is 380 cm³/mol. The Hall–Kier alpha value is -9.26. The summed E-state index contributed by atoms with van der Waals surface area (Å²) in [7, 11) is 0. The number of benzene rings is 9. The summed E-state index contributed by atoms with van der Waals surface area (Å²) in [6.45, 7) is 8.21. The number of aromatic nitrogens is 6. The second kappa shape index (κ2) is 38.3. The quantitative estimate of drug-likeness (QED) is 0.134. The van der Waals surface area contributed by atoms with Crippen molar-refractivity contribution in [2.45, 2.75) is 27.7 Å². The van der Waals surface area contributed by atoms with Crippen molar-refractivity contribution in [2.24, 2.45) is 0 Å². The topological polar surface area (TPSA) is 77.3 Å². The van der Waals surface area contributed by atoms with E-state index in [1.54, 1.807) is 18.6 Å². The minimum atomic E-state index is -0.397. The van der Waals surface area contributed by atoms with E-state index in [2.05, 4.69) is 148 Å². The molecule has 0 saturated heterocycles. The van der Waals surface area contributed by atoms with Gasteiger partial charge in [0.05, 0.1) is 18.2 Å².